The summed E-state index contributed by atoms with van der Waals surface area (Å²) in [5.74, 6) is 0.782. The fourth-order valence-electron chi connectivity index (χ4n) is 7.24. The zero-order valence-corrected chi connectivity index (χ0v) is 17.4. The van der Waals surface area contributed by atoms with E-state index in [0.717, 1.165) is 38.5 Å². The van der Waals surface area contributed by atoms with Gasteiger partial charge in [0.05, 0.1) is 6.10 Å². The molecule has 2 fully saturated rings. The second-order valence-corrected chi connectivity index (χ2v) is 10.5. The number of ether oxygens (including phenoxy) is 2. The highest BCUT2D eigenvalue weighted by atomic mass is 16.7. The van der Waals surface area contributed by atoms with Gasteiger partial charge in [0, 0.05) is 18.4 Å². The minimum Gasteiger partial charge on any atom is -0.393 e. The molecule has 3 aliphatic carbocycles. The van der Waals surface area contributed by atoms with Gasteiger partial charge >= 0.3 is 0 Å². The van der Waals surface area contributed by atoms with Crippen LogP contribution in [0, 0.1) is 28.1 Å². The van der Waals surface area contributed by atoms with Crippen molar-refractivity contribution in [1.82, 2.24) is 0 Å². The minimum absolute atomic E-state index is 0.0487. The maximum absolute atomic E-state index is 10.6. The van der Waals surface area contributed by atoms with Crippen molar-refractivity contribution in [2.24, 2.45) is 33.8 Å². The smallest absolute Gasteiger partial charge is 0.163 e. The Kier molecular flexibility index (Phi) is 4.05. The van der Waals surface area contributed by atoms with Gasteiger partial charge in [-0.05, 0) is 60.8 Å². The fraction of sp³-hybridized carbons (Fsp3) is 0.909. The monoisotopic (exact) mass is 363 g/mol. The Morgan fingerprint density at radius 3 is 2.42 bits per heavy atom. The van der Waals surface area contributed by atoms with Gasteiger partial charge in [-0.3, -0.25) is 5.73 Å². The molecule has 1 saturated carbocycles. The number of methoxy groups -OCH3 is 1. The van der Waals surface area contributed by atoms with Crippen molar-refractivity contribution < 1.29 is 14.6 Å². The van der Waals surface area contributed by atoms with Crippen molar-refractivity contribution >= 4 is 0 Å². The van der Waals surface area contributed by atoms with E-state index in [-0.39, 0.29) is 34.6 Å². The third-order valence-electron chi connectivity index (χ3n) is 9.34. The largest absolute Gasteiger partial charge is 0.393 e. The van der Waals surface area contributed by atoms with Gasteiger partial charge in [0.1, 0.15) is 5.72 Å². The number of aliphatic hydroxyl groups is 1. The number of nitrogens with two attached hydrogens (primary N) is 1. The second-order valence-electron chi connectivity index (χ2n) is 10.5. The Balaban J connectivity index is 1.81. The number of allylic oxidation sites excluding steroid dienone is 1. The maximum Gasteiger partial charge on any atom is 0.163 e. The Morgan fingerprint density at radius 2 is 1.77 bits per heavy atom. The van der Waals surface area contributed by atoms with E-state index < -0.39 is 5.72 Å². The van der Waals surface area contributed by atoms with E-state index in [1.165, 1.54) is 11.1 Å². The van der Waals surface area contributed by atoms with Gasteiger partial charge in [-0.2, -0.15) is 0 Å². The molecule has 7 atom stereocenters. The molecular formula is C22H37NO3. The van der Waals surface area contributed by atoms with Crippen LogP contribution in [0.2, 0.25) is 0 Å². The summed E-state index contributed by atoms with van der Waals surface area (Å²) in [6.45, 7) is 11.5. The lowest BCUT2D eigenvalue weighted by Crippen LogP contribution is -2.61. The van der Waals surface area contributed by atoms with Crippen LogP contribution in [0.15, 0.2) is 11.1 Å². The molecule has 0 aromatic carbocycles. The van der Waals surface area contributed by atoms with E-state index in [0.29, 0.717) is 5.92 Å². The predicted molar refractivity (Wildman–Crippen MR) is 102 cm³/mol. The second kappa shape index (κ2) is 5.56. The Labute approximate surface area is 158 Å². The lowest BCUT2D eigenvalue weighted by Gasteiger charge is -2.60. The molecule has 4 heteroatoms. The van der Waals surface area contributed by atoms with Crippen LogP contribution in [0.1, 0.15) is 73.1 Å². The third kappa shape index (κ3) is 2.05. The van der Waals surface area contributed by atoms with E-state index >= 15 is 0 Å². The van der Waals surface area contributed by atoms with Crippen LogP contribution in [-0.4, -0.2) is 30.3 Å². The summed E-state index contributed by atoms with van der Waals surface area (Å²) < 4.78 is 12.1. The molecule has 0 spiro atoms. The molecule has 26 heavy (non-hydrogen) atoms. The number of hydrogen-bond acceptors (Lipinski definition) is 4. The van der Waals surface area contributed by atoms with Crippen molar-refractivity contribution in [2.45, 2.75) is 91.3 Å². The summed E-state index contributed by atoms with van der Waals surface area (Å²) in [7, 11) is 1.73. The summed E-state index contributed by atoms with van der Waals surface area (Å²) >= 11 is 0. The number of fused-ring (bicyclic) bond motifs is 4. The first-order valence-electron chi connectivity index (χ1n) is 10.4. The molecular weight excluding hydrogens is 326 g/mol. The summed E-state index contributed by atoms with van der Waals surface area (Å²) in [6.07, 6.45) is 5.73. The zero-order chi connectivity index (χ0) is 19.1. The van der Waals surface area contributed by atoms with Crippen LogP contribution >= 0.6 is 0 Å². The molecule has 0 aromatic heterocycles. The normalized spacial score (nSPS) is 53.1. The molecule has 3 N–H and O–H groups in total. The molecule has 1 heterocycles. The average molecular weight is 364 g/mol. The molecule has 0 amide bonds. The third-order valence-corrected chi connectivity index (χ3v) is 9.34. The van der Waals surface area contributed by atoms with Crippen LogP contribution in [0.25, 0.3) is 0 Å². The standard InChI is InChI=1S/C22H37NO3/c1-13-18(25-6)26-22(23)15-7-8-16-19(2,3)17(24)10-11-20(16,4)14(15)9-12-21(13,22)5/h13,16-18,24H,7-12,23H2,1-6H3/t13?,16?,17?,18?,20-,21-,22+/m1/s1. The lowest BCUT2D eigenvalue weighted by molar-refractivity contribution is -0.162. The first-order valence-corrected chi connectivity index (χ1v) is 10.4. The quantitative estimate of drug-likeness (QED) is 0.692. The maximum atomic E-state index is 10.6. The van der Waals surface area contributed by atoms with Gasteiger partial charge in [-0.1, -0.05) is 40.2 Å². The lowest BCUT2D eigenvalue weighted by atomic mass is 9.46. The topological polar surface area (TPSA) is 64.7 Å². The van der Waals surface area contributed by atoms with E-state index in [1.807, 2.05) is 0 Å². The molecule has 148 valence electrons. The summed E-state index contributed by atoms with van der Waals surface area (Å²) in [5, 5.41) is 10.6. The van der Waals surface area contributed by atoms with E-state index in [1.54, 1.807) is 7.11 Å². The van der Waals surface area contributed by atoms with E-state index in [4.69, 9.17) is 15.2 Å². The first-order chi connectivity index (χ1) is 12.0. The van der Waals surface area contributed by atoms with E-state index in [9.17, 15) is 5.11 Å². The Bertz CT molecular complexity index is 643. The number of hydrogen-bond donors (Lipinski definition) is 2. The molecule has 0 radical (unpaired) electrons. The molecule has 0 bridgehead atoms. The summed E-state index contributed by atoms with van der Waals surface area (Å²) in [5.41, 5.74) is 9.25. The Hall–Kier alpha value is -0.420. The SMILES string of the molecule is COC1O[C@@]2(N)C3=C(CC[C@]2(C)C1C)[C@@]1(C)CCC(O)C(C)(C)C1CC3. The molecule has 4 unspecified atom stereocenters. The van der Waals surface area contributed by atoms with Crippen LogP contribution in [0.5, 0.6) is 0 Å². The molecule has 1 saturated heterocycles. The zero-order valence-electron chi connectivity index (χ0n) is 17.4. The highest BCUT2D eigenvalue weighted by Gasteiger charge is 2.66. The minimum atomic E-state index is -0.713. The average Bonchev–Trinajstić information content (AvgIpc) is 2.79. The van der Waals surface area contributed by atoms with Gasteiger partial charge in [0.25, 0.3) is 0 Å². The van der Waals surface area contributed by atoms with Gasteiger partial charge in [-0.15, -0.1) is 0 Å². The predicted octanol–water partition coefficient (Wildman–Crippen LogP) is 3.97. The number of rotatable bonds is 1. The summed E-state index contributed by atoms with van der Waals surface area (Å²) in [4.78, 5) is 0. The van der Waals surface area contributed by atoms with Crippen molar-refractivity contribution in [3.63, 3.8) is 0 Å². The first kappa shape index (κ1) is 18.9. The van der Waals surface area contributed by atoms with Crippen LogP contribution in [-0.2, 0) is 9.47 Å². The van der Waals surface area contributed by atoms with E-state index in [2.05, 4.69) is 34.6 Å². The van der Waals surface area contributed by atoms with Gasteiger partial charge < -0.3 is 14.6 Å². The van der Waals surface area contributed by atoms with Gasteiger partial charge in [0.15, 0.2) is 6.29 Å². The van der Waals surface area contributed by atoms with Crippen molar-refractivity contribution in [3.05, 3.63) is 11.1 Å². The van der Waals surface area contributed by atoms with Crippen LogP contribution in [0.4, 0.5) is 0 Å². The van der Waals surface area contributed by atoms with Gasteiger partial charge in [-0.25, -0.2) is 0 Å². The van der Waals surface area contributed by atoms with Crippen LogP contribution in [0.3, 0.4) is 0 Å². The highest BCUT2D eigenvalue weighted by Crippen LogP contribution is 2.67. The van der Waals surface area contributed by atoms with Crippen LogP contribution < -0.4 is 5.73 Å². The highest BCUT2D eigenvalue weighted by molar-refractivity contribution is 5.39. The van der Waals surface area contributed by atoms with Crippen molar-refractivity contribution in [1.29, 1.82) is 0 Å². The molecule has 0 aromatic rings. The molecule has 4 nitrogen and oxygen atoms in total. The van der Waals surface area contributed by atoms with Crippen molar-refractivity contribution in [3.8, 4) is 0 Å². The fourth-order valence-corrected chi connectivity index (χ4v) is 7.24. The Morgan fingerprint density at radius 1 is 1.08 bits per heavy atom. The number of aliphatic hydroxyl groups excluding tert-OH is 1. The molecule has 4 rings (SSSR count). The summed E-state index contributed by atoms with van der Waals surface area (Å²) in [6, 6.07) is 0. The molecule has 1 aliphatic heterocycles. The van der Waals surface area contributed by atoms with Crippen molar-refractivity contribution in [2.75, 3.05) is 7.11 Å². The molecule has 4 aliphatic rings. The van der Waals surface area contributed by atoms with Gasteiger partial charge in [0.2, 0.25) is 0 Å².